The molecular weight excluding hydrogens is 426 g/mol. The molecule has 0 fully saturated rings. The molecule has 0 saturated heterocycles. The molecule has 0 bridgehead atoms. The van der Waals surface area contributed by atoms with Gasteiger partial charge in [0.1, 0.15) is 0 Å². The third-order valence-electron chi connectivity index (χ3n) is 5.70. The molecule has 172 valence electrons. The average molecular weight is 454 g/mol. The van der Waals surface area contributed by atoms with Gasteiger partial charge in [0.05, 0.1) is 11.4 Å². The second-order valence-corrected chi connectivity index (χ2v) is 8.08. The van der Waals surface area contributed by atoms with Crippen LogP contribution in [0.1, 0.15) is 42.2 Å². The Morgan fingerprint density at radius 2 is 1.59 bits per heavy atom. The van der Waals surface area contributed by atoms with Crippen molar-refractivity contribution >= 4 is 17.6 Å². The summed E-state index contributed by atoms with van der Waals surface area (Å²) in [4.78, 5) is 25.3. The van der Waals surface area contributed by atoms with Crippen molar-refractivity contribution in [3.8, 4) is 16.9 Å². The number of hydrogen-bond acceptors (Lipinski definition) is 4. The van der Waals surface area contributed by atoms with Crippen LogP contribution in [0.3, 0.4) is 0 Å². The van der Waals surface area contributed by atoms with Gasteiger partial charge in [0.2, 0.25) is 0 Å². The third-order valence-corrected chi connectivity index (χ3v) is 5.70. The molecule has 1 amide bonds. The summed E-state index contributed by atoms with van der Waals surface area (Å²) >= 11 is 0. The van der Waals surface area contributed by atoms with Crippen molar-refractivity contribution in [2.24, 2.45) is 0 Å². The molecule has 0 aliphatic heterocycles. The number of para-hydroxylation sites is 1. The Balaban J connectivity index is 1.47. The molecule has 4 rings (SSSR count). The number of anilines is 1. The number of rotatable bonds is 8. The number of hydrogen-bond donors (Lipinski definition) is 1. The van der Waals surface area contributed by atoms with Crippen molar-refractivity contribution in [3.63, 3.8) is 0 Å². The average Bonchev–Trinajstić information content (AvgIpc) is 3.34. The number of benzene rings is 3. The van der Waals surface area contributed by atoms with Gasteiger partial charge in [-0.2, -0.15) is 5.10 Å². The molecule has 1 N–H and O–H groups in total. The number of esters is 1. The minimum absolute atomic E-state index is 0.246. The number of ether oxygens (including phenoxy) is 1. The molecule has 34 heavy (non-hydrogen) atoms. The number of carbonyl (C=O) groups is 2. The normalized spacial score (nSPS) is 11.6. The number of amides is 1. The van der Waals surface area contributed by atoms with E-state index in [-0.39, 0.29) is 5.69 Å². The van der Waals surface area contributed by atoms with Gasteiger partial charge in [0.15, 0.2) is 12.3 Å². The predicted octanol–water partition coefficient (Wildman–Crippen LogP) is 5.85. The number of nitrogens with zero attached hydrogens (tertiary/aromatic N) is 2. The Hall–Kier alpha value is -4.19. The molecule has 6 heteroatoms. The lowest BCUT2D eigenvalue weighted by molar-refractivity contribution is -0.119. The number of nitrogens with one attached hydrogen (secondary N) is 1. The monoisotopic (exact) mass is 453 g/mol. The van der Waals surface area contributed by atoms with E-state index in [1.807, 2.05) is 84.9 Å². The van der Waals surface area contributed by atoms with Gasteiger partial charge in [-0.3, -0.25) is 4.79 Å². The van der Waals surface area contributed by atoms with Gasteiger partial charge in [0, 0.05) is 11.3 Å². The summed E-state index contributed by atoms with van der Waals surface area (Å²) in [5, 5.41) is 7.38. The van der Waals surface area contributed by atoms with Crippen LogP contribution in [0.4, 0.5) is 5.69 Å². The maximum Gasteiger partial charge on any atom is 0.357 e. The van der Waals surface area contributed by atoms with Crippen molar-refractivity contribution < 1.29 is 14.3 Å². The highest BCUT2D eigenvalue weighted by molar-refractivity contribution is 5.95. The molecule has 0 saturated carbocycles. The van der Waals surface area contributed by atoms with Crippen LogP contribution in [-0.4, -0.2) is 28.3 Å². The maximum absolute atomic E-state index is 12.9. The molecule has 1 heterocycles. The summed E-state index contributed by atoms with van der Waals surface area (Å²) in [6, 6.07) is 28.3. The first-order chi connectivity index (χ1) is 16.5. The van der Waals surface area contributed by atoms with E-state index in [0.717, 1.165) is 17.7 Å². The molecule has 0 aliphatic rings. The molecule has 0 radical (unpaired) electrons. The summed E-state index contributed by atoms with van der Waals surface area (Å²) in [5.41, 5.74) is 4.37. The minimum Gasteiger partial charge on any atom is -0.451 e. The topological polar surface area (TPSA) is 73.2 Å². The minimum atomic E-state index is -0.624. The van der Waals surface area contributed by atoms with E-state index in [1.54, 1.807) is 6.07 Å². The van der Waals surface area contributed by atoms with Crippen molar-refractivity contribution in [3.05, 3.63) is 102 Å². The van der Waals surface area contributed by atoms with E-state index in [0.29, 0.717) is 17.3 Å². The van der Waals surface area contributed by atoms with Gasteiger partial charge in [0.25, 0.3) is 5.91 Å². The Labute approximate surface area is 199 Å². The lowest BCUT2D eigenvalue weighted by atomic mass is 9.99. The smallest absolute Gasteiger partial charge is 0.357 e. The molecule has 0 aliphatic carbocycles. The fourth-order valence-corrected chi connectivity index (χ4v) is 3.58. The zero-order chi connectivity index (χ0) is 23.9. The summed E-state index contributed by atoms with van der Waals surface area (Å²) in [5.74, 6) is -0.569. The van der Waals surface area contributed by atoms with E-state index in [2.05, 4.69) is 24.3 Å². The van der Waals surface area contributed by atoms with Crippen LogP contribution >= 0.6 is 0 Å². The molecular formula is C28H27N3O3. The summed E-state index contributed by atoms with van der Waals surface area (Å²) < 4.78 is 6.88. The highest BCUT2D eigenvalue weighted by atomic mass is 16.5. The van der Waals surface area contributed by atoms with Crippen LogP contribution in [0.2, 0.25) is 0 Å². The summed E-state index contributed by atoms with van der Waals surface area (Å²) in [7, 11) is 0. The van der Waals surface area contributed by atoms with Gasteiger partial charge in [-0.1, -0.05) is 74.5 Å². The van der Waals surface area contributed by atoms with Crippen LogP contribution in [0.5, 0.6) is 0 Å². The summed E-state index contributed by atoms with van der Waals surface area (Å²) in [6.07, 6.45) is 1.05. The maximum atomic E-state index is 12.9. The van der Waals surface area contributed by atoms with Crippen molar-refractivity contribution in [1.29, 1.82) is 0 Å². The SMILES string of the molecule is CCC(C)c1ccc(NC(=O)COC(=O)c2cc(-c3ccccc3)nn2-c2ccccc2)cc1. The molecule has 0 spiro atoms. The van der Waals surface area contributed by atoms with E-state index in [4.69, 9.17) is 4.74 Å². The third kappa shape index (κ3) is 5.41. The van der Waals surface area contributed by atoms with Gasteiger partial charge in [-0.25, -0.2) is 9.48 Å². The van der Waals surface area contributed by atoms with Gasteiger partial charge in [-0.15, -0.1) is 0 Å². The largest absolute Gasteiger partial charge is 0.451 e. The molecule has 6 nitrogen and oxygen atoms in total. The second kappa shape index (κ2) is 10.6. The van der Waals surface area contributed by atoms with Crippen LogP contribution in [-0.2, 0) is 9.53 Å². The first-order valence-corrected chi connectivity index (χ1v) is 11.3. The molecule has 3 aromatic carbocycles. The Morgan fingerprint density at radius 1 is 0.941 bits per heavy atom. The van der Waals surface area contributed by atoms with Crippen molar-refractivity contribution in [2.45, 2.75) is 26.2 Å². The highest BCUT2D eigenvalue weighted by Crippen LogP contribution is 2.23. The lowest BCUT2D eigenvalue weighted by Gasteiger charge is -2.11. The predicted molar refractivity (Wildman–Crippen MR) is 133 cm³/mol. The number of carbonyl (C=O) groups excluding carboxylic acids is 2. The zero-order valence-corrected chi connectivity index (χ0v) is 19.3. The highest BCUT2D eigenvalue weighted by Gasteiger charge is 2.20. The van der Waals surface area contributed by atoms with Gasteiger partial charge < -0.3 is 10.1 Å². The fourth-order valence-electron chi connectivity index (χ4n) is 3.58. The first-order valence-electron chi connectivity index (χ1n) is 11.3. The van der Waals surface area contributed by atoms with Crippen molar-refractivity contribution in [2.75, 3.05) is 11.9 Å². The first kappa shape index (κ1) is 23.0. The number of aromatic nitrogens is 2. The molecule has 1 unspecified atom stereocenters. The Bertz CT molecular complexity index is 1250. The molecule has 1 atom stereocenters. The van der Waals surface area contributed by atoms with E-state index >= 15 is 0 Å². The zero-order valence-electron chi connectivity index (χ0n) is 19.3. The second-order valence-electron chi connectivity index (χ2n) is 8.08. The standard InChI is InChI=1S/C28H27N3O3/c1-3-20(2)21-14-16-23(17-15-21)29-27(32)19-34-28(33)26-18-25(22-10-6-4-7-11-22)30-31(26)24-12-8-5-9-13-24/h4-18,20H,3,19H2,1-2H3,(H,29,32). The molecule has 1 aromatic heterocycles. The van der Waals surface area contributed by atoms with E-state index in [1.165, 1.54) is 10.2 Å². The quantitative estimate of drug-likeness (QED) is 0.340. The van der Waals surface area contributed by atoms with Crippen LogP contribution in [0, 0.1) is 0 Å². The van der Waals surface area contributed by atoms with E-state index < -0.39 is 18.5 Å². The van der Waals surface area contributed by atoms with E-state index in [9.17, 15) is 9.59 Å². The Kier molecular flexibility index (Phi) is 7.18. The summed E-state index contributed by atoms with van der Waals surface area (Å²) in [6.45, 7) is 3.91. The molecule has 4 aromatic rings. The van der Waals surface area contributed by atoms with Crippen LogP contribution < -0.4 is 5.32 Å². The Morgan fingerprint density at radius 3 is 2.24 bits per heavy atom. The van der Waals surface area contributed by atoms with Crippen LogP contribution in [0.15, 0.2) is 91.0 Å². The van der Waals surface area contributed by atoms with Crippen molar-refractivity contribution in [1.82, 2.24) is 9.78 Å². The van der Waals surface area contributed by atoms with Gasteiger partial charge in [-0.05, 0) is 48.2 Å². The van der Waals surface area contributed by atoms with Crippen LogP contribution in [0.25, 0.3) is 16.9 Å². The lowest BCUT2D eigenvalue weighted by Crippen LogP contribution is -2.22. The fraction of sp³-hybridized carbons (Fsp3) is 0.179. The van der Waals surface area contributed by atoms with Gasteiger partial charge >= 0.3 is 5.97 Å².